The Morgan fingerprint density at radius 3 is 2.44 bits per heavy atom. The summed E-state index contributed by atoms with van der Waals surface area (Å²) < 4.78 is 16.6. The number of nitrogens with zero attached hydrogens (tertiary/aromatic N) is 1. The summed E-state index contributed by atoms with van der Waals surface area (Å²) in [6.45, 7) is 4.48. The zero-order chi connectivity index (χ0) is 25.5. The number of ketones is 1. The van der Waals surface area contributed by atoms with Crippen molar-refractivity contribution in [2.45, 2.75) is 32.1 Å². The number of methoxy groups -OCH3 is 2. The molecule has 0 spiro atoms. The normalized spacial score (nSPS) is 11.2. The molecule has 2 heterocycles. The summed E-state index contributed by atoms with van der Waals surface area (Å²) in [5, 5.41) is 2.01. The number of Topliss-reactive ketones (excluding diaryl/α,β-unsaturated/α-hetero) is 1. The van der Waals surface area contributed by atoms with E-state index < -0.39 is 5.41 Å². The Morgan fingerprint density at radius 1 is 0.889 bits per heavy atom. The highest BCUT2D eigenvalue weighted by Crippen LogP contribution is 2.31. The second-order valence-electron chi connectivity index (χ2n) is 9.05. The highest BCUT2D eigenvalue weighted by Gasteiger charge is 2.30. The second kappa shape index (κ2) is 11.4. The van der Waals surface area contributed by atoms with Crippen molar-refractivity contribution in [1.82, 2.24) is 4.98 Å². The molecule has 0 saturated heterocycles. The number of aromatic nitrogens is 1. The minimum atomic E-state index is -0.510. The highest BCUT2D eigenvalue weighted by molar-refractivity contribution is 7.10. The predicted molar refractivity (Wildman–Crippen MR) is 144 cm³/mol. The first-order valence-corrected chi connectivity index (χ1v) is 12.8. The van der Waals surface area contributed by atoms with E-state index in [0.29, 0.717) is 36.8 Å². The van der Waals surface area contributed by atoms with Gasteiger partial charge < -0.3 is 14.2 Å². The van der Waals surface area contributed by atoms with Crippen molar-refractivity contribution in [1.29, 1.82) is 0 Å². The number of hydrogen-bond donors (Lipinski definition) is 0. The third-order valence-electron chi connectivity index (χ3n) is 6.23. The van der Waals surface area contributed by atoms with E-state index in [4.69, 9.17) is 19.2 Å². The topological polar surface area (TPSA) is 57.7 Å². The van der Waals surface area contributed by atoms with Crippen molar-refractivity contribution in [2.24, 2.45) is 0 Å². The summed E-state index contributed by atoms with van der Waals surface area (Å²) in [7, 11) is 3.25. The average Bonchev–Trinajstić information content (AvgIpc) is 3.45. The van der Waals surface area contributed by atoms with Gasteiger partial charge in [-0.05, 0) is 60.7 Å². The van der Waals surface area contributed by atoms with Crippen LogP contribution in [0.25, 0.3) is 11.3 Å². The number of thiophene rings is 1. The maximum atomic E-state index is 13.1. The lowest BCUT2D eigenvalue weighted by Gasteiger charge is -2.21. The van der Waals surface area contributed by atoms with Gasteiger partial charge in [-0.15, -0.1) is 11.3 Å². The van der Waals surface area contributed by atoms with Crippen molar-refractivity contribution in [3.63, 3.8) is 0 Å². The first-order valence-electron chi connectivity index (χ1n) is 11.9. The summed E-state index contributed by atoms with van der Waals surface area (Å²) in [5.41, 5.74) is 3.32. The Bertz CT molecular complexity index is 1310. The monoisotopic (exact) mass is 501 g/mol. The van der Waals surface area contributed by atoms with E-state index >= 15 is 0 Å². The number of benzene rings is 2. The van der Waals surface area contributed by atoms with Crippen LogP contribution in [0, 0.1) is 0 Å². The van der Waals surface area contributed by atoms with Crippen LogP contribution in [0.5, 0.6) is 17.4 Å². The zero-order valence-electron chi connectivity index (χ0n) is 21.1. The van der Waals surface area contributed by atoms with Crippen molar-refractivity contribution in [3.8, 4) is 28.6 Å². The van der Waals surface area contributed by atoms with E-state index in [9.17, 15) is 4.79 Å². The molecule has 0 unspecified atom stereocenters. The molecule has 0 fully saturated rings. The Balaban J connectivity index is 1.41. The summed E-state index contributed by atoms with van der Waals surface area (Å²) in [5.74, 6) is 2.17. The van der Waals surface area contributed by atoms with Gasteiger partial charge in [0, 0.05) is 29.3 Å². The molecule has 0 bridgehead atoms. The molecule has 2 aromatic heterocycles. The van der Waals surface area contributed by atoms with Crippen LogP contribution in [0.3, 0.4) is 0 Å². The minimum Gasteiger partial charge on any atom is -0.493 e. The molecule has 6 heteroatoms. The molecular formula is C30H31NO4S. The molecule has 0 radical (unpaired) electrons. The van der Waals surface area contributed by atoms with Crippen LogP contribution >= 0.6 is 11.3 Å². The van der Waals surface area contributed by atoms with Gasteiger partial charge in [-0.3, -0.25) is 4.79 Å². The van der Waals surface area contributed by atoms with Crippen LogP contribution in [0.1, 0.15) is 29.9 Å². The number of carbonyl (C=O) groups is 1. The van der Waals surface area contributed by atoms with Crippen molar-refractivity contribution >= 4 is 17.1 Å². The molecule has 0 aliphatic carbocycles. The molecular weight excluding hydrogens is 470 g/mol. The number of hydrogen-bond acceptors (Lipinski definition) is 6. The fourth-order valence-electron chi connectivity index (χ4n) is 3.98. The Labute approximate surface area is 216 Å². The fraction of sp³-hybridized carbons (Fsp3) is 0.267. The predicted octanol–water partition coefficient (Wildman–Crippen LogP) is 6.54. The van der Waals surface area contributed by atoms with E-state index in [1.54, 1.807) is 25.6 Å². The molecule has 2 aromatic carbocycles. The van der Waals surface area contributed by atoms with Gasteiger partial charge in [0.05, 0.1) is 31.9 Å². The van der Waals surface area contributed by atoms with Crippen LogP contribution in [-0.4, -0.2) is 31.6 Å². The average molecular weight is 502 g/mol. The van der Waals surface area contributed by atoms with Crippen LogP contribution in [0.15, 0.2) is 78.2 Å². The van der Waals surface area contributed by atoms with Crippen LogP contribution in [0.2, 0.25) is 0 Å². The summed E-state index contributed by atoms with van der Waals surface area (Å²) in [4.78, 5) is 18.9. The van der Waals surface area contributed by atoms with Gasteiger partial charge in [0.15, 0.2) is 11.5 Å². The number of rotatable bonds is 11. The van der Waals surface area contributed by atoms with Crippen molar-refractivity contribution in [2.75, 3.05) is 20.8 Å². The van der Waals surface area contributed by atoms with Gasteiger partial charge in [0.2, 0.25) is 5.88 Å². The number of ether oxygens (including phenoxy) is 3. The Hall–Kier alpha value is -3.64. The lowest BCUT2D eigenvalue weighted by molar-refractivity contribution is -0.122. The molecule has 0 aliphatic heterocycles. The van der Waals surface area contributed by atoms with Gasteiger partial charge in [-0.1, -0.05) is 36.4 Å². The first kappa shape index (κ1) is 25.5. The van der Waals surface area contributed by atoms with Crippen LogP contribution in [-0.2, 0) is 23.1 Å². The third-order valence-corrected chi connectivity index (χ3v) is 7.43. The molecule has 0 atom stereocenters. The van der Waals surface area contributed by atoms with Gasteiger partial charge in [0.1, 0.15) is 5.78 Å². The maximum absolute atomic E-state index is 13.1. The highest BCUT2D eigenvalue weighted by atomic mass is 32.1. The lowest BCUT2D eigenvalue weighted by atomic mass is 9.83. The van der Waals surface area contributed by atoms with Crippen LogP contribution in [0.4, 0.5) is 0 Å². The molecule has 186 valence electrons. The van der Waals surface area contributed by atoms with E-state index in [1.165, 1.54) is 0 Å². The quantitative estimate of drug-likeness (QED) is 0.234. The summed E-state index contributed by atoms with van der Waals surface area (Å²) in [6, 6.07) is 23.6. The largest absolute Gasteiger partial charge is 0.493 e. The standard InChI is InChI=1S/C30H31NO4S/c1-30(2,28-11-7-17-36-28)27(32)20-22-8-5-9-23(18-22)24-10-6-12-29(31-24)35-16-15-21-13-14-25(33-3)26(19-21)34-4/h5-14,17-19H,15-16,20H2,1-4H3. The molecule has 4 rings (SSSR count). The smallest absolute Gasteiger partial charge is 0.213 e. The van der Waals surface area contributed by atoms with Gasteiger partial charge in [-0.25, -0.2) is 4.98 Å². The molecule has 0 saturated carbocycles. The molecule has 4 aromatic rings. The summed E-state index contributed by atoms with van der Waals surface area (Å²) >= 11 is 1.62. The molecule has 36 heavy (non-hydrogen) atoms. The van der Waals surface area contributed by atoms with E-state index in [2.05, 4.69) is 0 Å². The summed E-state index contributed by atoms with van der Waals surface area (Å²) in [6.07, 6.45) is 1.09. The van der Waals surface area contributed by atoms with Crippen molar-refractivity contribution < 1.29 is 19.0 Å². The maximum Gasteiger partial charge on any atom is 0.213 e. The Kier molecular flexibility index (Phi) is 8.06. The number of carbonyl (C=O) groups excluding carboxylic acids is 1. The molecule has 0 aliphatic rings. The lowest BCUT2D eigenvalue weighted by Crippen LogP contribution is -2.29. The SMILES string of the molecule is COc1ccc(CCOc2cccc(-c3cccc(CC(=O)C(C)(C)c4cccs4)c3)n2)cc1OC. The van der Waals surface area contributed by atoms with E-state index in [0.717, 1.165) is 27.3 Å². The first-order chi connectivity index (χ1) is 17.4. The van der Waals surface area contributed by atoms with E-state index in [1.807, 2.05) is 92.0 Å². The van der Waals surface area contributed by atoms with Crippen LogP contribution < -0.4 is 14.2 Å². The van der Waals surface area contributed by atoms with E-state index in [-0.39, 0.29) is 5.78 Å². The molecule has 0 N–H and O–H groups in total. The van der Waals surface area contributed by atoms with Gasteiger partial charge in [0.25, 0.3) is 0 Å². The second-order valence-corrected chi connectivity index (χ2v) is 10.00. The Morgan fingerprint density at radius 2 is 1.69 bits per heavy atom. The van der Waals surface area contributed by atoms with Gasteiger partial charge in [-0.2, -0.15) is 0 Å². The zero-order valence-corrected chi connectivity index (χ0v) is 21.9. The molecule has 0 amide bonds. The minimum absolute atomic E-state index is 0.197. The van der Waals surface area contributed by atoms with Gasteiger partial charge >= 0.3 is 0 Å². The third kappa shape index (κ3) is 5.94. The van der Waals surface area contributed by atoms with Crippen molar-refractivity contribution in [3.05, 3.63) is 94.2 Å². The fourth-order valence-corrected chi connectivity index (χ4v) is 4.85. The molecule has 5 nitrogen and oxygen atoms in total. The number of pyridine rings is 1.